The Bertz CT molecular complexity index is 615. The first kappa shape index (κ1) is 12.7. The van der Waals surface area contributed by atoms with Crippen LogP contribution in [0, 0.1) is 0 Å². The van der Waals surface area contributed by atoms with Crippen LogP contribution in [-0.2, 0) is 6.42 Å². The van der Waals surface area contributed by atoms with Gasteiger partial charge in [-0.2, -0.15) is 0 Å². The van der Waals surface area contributed by atoms with E-state index in [-0.39, 0.29) is 0 Å². The first-order valence-corrected chi connectivity index (χ1v) is 7.01. The number of aromatic amines is 1. The number of hydrogen-bond donors (Lipinski definition) is 1. The predicted octanol–water partition coefficient (Wildman–Crippen LogP) is 4.17. The maximum Gasteiger partial charge on any atom is 0.0923 e. The Morgan fingerprint density at radius 3 is 2.25 bits per heavy atom. The number of aromatic nitrogens is 2. The second-order valence-corrected chi connectivity index (χ2v) is 4.98. The molecule has 0 amide bonds. The van der Waals surface area contributed by atoms with Gasteiger partial charge in [0.15, 0.2) is 0 Å². The van der Waals surface area contributed by atoms with Gasteiger partial charge in [-0.25, -0.2) is 4.98 Å². The van der Waals surface area contributed by atoms with E-state index in [0.29, 0.717) is 5.92 Å². The van der Waals surface area contributed by atoms with Crippen LogP contribution in [0.15, 0.2) is 73.2 Å². The van der Waals surface area contributed by atoms with Crippen molar-refractivity contribution in [3.8, 4) is 0 Å². The number of H-pyrrole nitrogens is 1. The van der Waals surface area contributed by atoms with E-state index in [4.69, 9.17) is 0 Å². The lowest BCUT2D eigenvalue weighted by molar-refractivity contribution is 0.699. The molecule has 0 spiro atoms. The van der Waals surface area contributed by atoms with Gasteiger partial charge in [-0.3, -0.25) is 0 Å². The average Bonchev–Trinajstić information content (AvgIpc) is 3.04. The predicted molar refractivity (Wildman–Crippen MR) is 81.6 cm³/mol. The highest BCUT2D eigenvalue weighted by atomic mass is 14.9. The monoisotopic (exact) mass is 262 g/mol. The molecule has 0 aliphatic carbocycles. The number of imidazole rings is 1. The smallest absolute Gasteiger partial charge is 0.0923 e. The third-order valence-electron chi connectivity index (χ3n) is 3.64. The van der Waals surface area contributed by atoms with Crippen molar-refractivity contribution < 1.29 is 0 Å². The Morgan fingerprint density at radius 2 is 1.60 bits per heavy atom. The van der Waals surface area contributed by atoms with E-state index in [9.17, 15) is 0 Å². The Kier molecular flexibility index (Phi) is 3.93. The van der Waals surface area contributed by atoms with Crippen molar-refractivity contribution in [3.05, 3.63) is 90.0 Å². The Labute approximate surface area is 119 Å². The molecule has 100 valence electrons. The van der Waals surface area contributed by atoms with Crippen LogP contribution in [0.25, 0.3) is 0 Å². The van der Waals surface area contributed by atoms with Crippen molar-refractivity contribution in [3.63, 3.8) is 0 Å². The fourth-order valence-electron chi connectivity index (χ4n) is 2.59. The van der Waals surface area contributed by atoms with Gasteiger partial charge in [-0.1, -0.05) is 60.7 Å². The zero-order chi connectivity index (χ0) is 13.6. The summed E-state index contributed by atoms with van der Waals surface area (Å²) in [6.45, 7) is 0. The van der Waals surface area contributed by atoms with Gasteiger partial charge < -0.3 is 4.98 Å². The Morgan fingerprint density at radius 1 is 0.900 bits per heavy atom. The highest BCUT2D eigenvalue weighted by molar-refractivity contribution is 5.28. The molecule has 2 nitrogen and oxygen atoms in total. The molecule has 0 fully saturated rings. The normalized spacial score (nSPS) is 12.2. The summed E-state index contributed by atoms with van der Waals surface area (Å²) in [5.74, 6) is 0.350. The first-order chi connectivity index (χ1) is 9.93. The lowest BCUT2D eigenvalue weighted by Gasteiger charge is -2.15. The van der Waals surface area contributed by atoms with E-state index in [1.165, 1.54) is 11.1 Å². The maximum absolute atomic E-state index is 4.45. The fraction of sp³-hybridized carbons (Fsp3) is 0.167. The van der Waals surface area contributed by atoms with E-state index in [2.05, 4.69) is 70.6 Å². The average molecular weight is 262 g/mol. The molecule has 1 aromatic heterocycles. The van der Waals surface area contributed by atoms with Crippen molar-refractivity contribution in [2.45, 2.75) is 18.8 Å². The van der Waals surface area contributed by atoms with Gasteiger partial charge in [0.05, 0.1) is 12.0 Å². The number of aryl methyl sites for hydroxylation is 1. The number of rotatable bonds is 5. The Hall–Kier alpha value is -2.35. The highest BCUT2D eigenvalue weighted by Gasteiger charge is 2.15. The quantitative estimate of drug-likeness (QED) is 0.734. The summed E-state index contributed by atoms with van der Waals surface area (Å²) in [7, 11) is 0. The molecule has 1 heterocycles. The minimum atomic E-state index is 0.350. The molecule has 0 radical (unpaired) electrons. The molecule has 0 saturated carbocycles. The summed E-state index contributed by atoms with van der Waals surface area (Å²) in [4.78, 5) is 7.52. The molecule has 0 aliphatic heterocycles. The molecule has 2 aromatic carbocycles. The number of nitrogens with one attached hydrogen (secondary N) is 1. The van der Waals surface area contributed by atoms with Gasteiger partial charge in [0.2, 0.25) is 0 Å². The van der Waals surface area contributed by atoms with Gasteiger partial charge in [0, 0.05) is 12.1 Å². The van der Waals surface area contributed by atoms with E-state index < -0.39 is 0 Å². The van der Waals surface area contributed by atoms with Crippen molar-refractivity contribution in [1.82, 2.24) is 9.97 Å². The summed E-state index contributed by atoms with van der Waals surface area (Å²) in [6, 6.07) is 21.2. The van der Waals surface area contributed by atoms with Crippen molar-refractivity contribution in [1.29, 1.82) is 0 Å². The summed E-state index contributed by atoms with van der Waals surface area (Å²) in [5.41, 5.74) is 3.83. The van der Waals surface area contributed by atoms with Crippen LogP contribution >= 0.6 is 0 Å². The molecule has 3 aromatic rings. The number of benzene rings is 2. The van der Waals surface area contributed by atoms with Crippen LogP contribution in [-0.4, -0.2) is 9.97 Å². The van der Waals surface area contributed by atoms with Crippen LogP contribution < -0.4 is 0 Å². The van der Waals surface area contributed by atoms with Crippen molar-refractivity contribution in [2.75, 3.05) is 0 Å². The van der Waals surface area contributed by atoms with Crippen LogP contribution in [0.3, 0.4) is 0 Å². The largest absolute Gasteiger partial charge is 0.351 e. The minimum Gasteiger partial charge on any atom is -0.351 e. The standard InChI is InChI=1S/C18H18N2/c1-3-7-15(8-4-1)11-12-17(18-13-19-14-20-18)16-9-5-2-6-10-16/h1-10,13-14,17H,11-12H2,(H,19,20). The molecular weight excluding hydrogens is 244 g/mol. The molecule has 0 bridgehead atoms. The van der Waals surface area contributed by atoms with Crippen molar-refractivity contribution in [2.24, 2.45) is 0 Å². The summed E-state index contributed by atoms with van der Waals surface area (Å²) in [5, 5.41) is 0. The maximum atomic E-state index is 4.45. The Balaban J connectivity index is 1.80. The number of hydrogen-bond acceptors (Lipinski definition) is 1. The third-order valence-corrected chi connectivity index (χ3v) is 3.64. The molecule has 1 atom stereocenters. The van der Waals surface area contributed by atoms with Crippen LogP contribution in [0.2, 0.25) is 0 Å². The lowest BCUT2D eigenvalue weighted by atomic mass is 9.90. The molecule has 0 saturated heterocycles. The topological polar surface area (TPSA) is 28.7 Å². The van der Waals surface area contributed by atoms with Crippen LogP contribution in [0.4, 0.5) is 0 Å². The first-order valence-electron chi connectivity index (χ1n) is 7.01. The molecular formula is C18H18N2. The zero-order valence-electron chi connectivity index (χ0n) is 11.4. The fourth-order valence-corrected chi connectivity index (χ4v) is 2.59. The molecule has 1 N–H and O–H groups in total. The summed E-state index contributed by atoms with van der Waals surface area (Å²) < 4.78 is 0. The van der Waals surface area contributed by atoms with E-state index in [0.717, 1.165) is 18.5 Å². The highest BCUT2D eigenvalue weighted by Crippen LogP contribution is 2.27. The lowest BCUT2D eigenvalue weighted by Crippen LogP contribution is -2.03. The molecule has 1 unspecified atom stereocenters. The van der Waals surface area contributed by atoms with E-state index >= 15 is 0 Å². The number of nitrogens with zero attached hydrogens (tertiary/aromatic N) is 1. The summed E-state index contributed by atoms with van der Waals surface area (Å²) in [6.07, 6.45) is 5.89. The van der Waals surface area contributed by atoms with Gasteiger partial charge in [0.1, 0.15) is 0 Å². The van der Waals surface area contributed by atoms with E-state index in [1.807, 2.05) is 6.20 Å². The molecule has 0 aliphatic rings. The summed E-state index contributed by atoms with van der Waals surface area (Å²) >= 11 is 0. The van der Waals surface area contributed by atoms with Gasteiger partial charge >= 0.3 is 0 Å². The van der Waals surface area contributed by atoms with E-state index in [1.54, 1.807) is 6.33 Å². The SMILES string of the molecule is c1ccc(CCC(c2ccccc2)c2c[nH]cn2)cc1. The van der Waals surface area contributed by atoms with Gasteiger partial charge in [-0.05, 0) is 24.0 Å². The zero-order valence-corrected chi connectivity index (χ0v) is 11.4. The van der Waals surface area contributed by atoms with Gasteiger partial charge in [-0.15, -0.1) is 0 Å². The second-order valence-electron chi connectivity index (χ2n) is 4.98. The second kappa shape index (κ2) is 6.20. The third kappa shape index (κ3) is 2.97. The van der Waals surface area contributed by atoms with Crippen LogP contribution in [0.5, 0.6) is 0 Å². The molecule has 20 heavy (non-hydrogen) atoms. The van der Waals surface area contributed by atoms with Gasteiger partial charge in [0.25, 0.3) is 0 Å². The molecule has 3 rings (SSSR count). The van der Waals surface area contributed by atoms with Crippen molar-refractivity contribution >= 4 is 0 Å². The molecule has 2 heteroatoms. The minimum absolute atomic E-state index is 0.350. The van der Waals surface area contributed by atoms with Crippen LogP contribution in [0.1, 0.15) is 29.2 Å².